The van der Waals surface area contributed by atoms with Crippen molar-refractivity contribution >= 4 is 29.6 Å². The molecule has 0 fully saturated rings. The number of carboxylic acids is 1. The summed E-state index contributed by atoms with van der Waals surface area (Å²) < 4.78 is 10.5. The van der Waals surface area contributed by atoms with Crippen molar-refractivity contribution < 1.29 is 28.8 Å². The Morgan fingerprint density at radius 2 is 1.85 bits per heavy atom. The largest absolute Gasteiger partial charge is 0.479 e. The van der Waals surface area contributed by atoms with E-state index in [2.05, 4.69) is 15.8 Å². The second kappa shape index (κ2) is 12.4. The van der Waals surface area contributed by atoms with Gasteiger partial charge >= 0.3 is 12.1 Å². The van der Waals surface area contributed by atoms with Crippen LogP contribution in [0.5, 0.6) is 0 Å². The van der Waals surface area contributed by atoms with Gasteiger partial charge in [-0.3, -0.25) is 4.79 Å². The number of nitriles is 1. The molecule has 2 unspecified atom stereocenters. The summed E-state index contributed by atoms with van der Waals surface area (Å²) in [5.74, 6) is -1.90. The van der Waals surface area contributed by atoms with E-state index < -0.39 is 29.6 Å². The molecule has 41 heavy (non-hydrogen) atoms. The third kappa shape index (κ3) is 6.54. The van der Waals surface area contributed by atoms with E-state index in [4.69, 9.17) is 26.1 Å². The minimum absolute atomic E-state index is 0.0634. The first kappa shape index (κ1) is 28.9. The third-order valence-electron chi connectivity index (χ3n) is 6.47. The maximum Gasteiger partial charge on any atom is 0.408 e. The zero-order valence-electron chi connectivity index (χ0n) is 22.1. The van der Waals surface area contributed by atoms with E-state index in [9.17, 15) is 19.5 Å². The van der Waals surface area contributed by atoms with Gasteiger partial charge in [0.2, 0.25) is 0 Å². The van der Waals surface area contributed by atoms with Crippen LogP contribution in [0.1, 0.15) is 52.6 Å². The first-order valence-corrected chi connectivity index (χ1v) is 12.8. The van der Waals surface area contributed by atoms with Gasteiger partial charge in [-0.15, -0.1) is 0 Å². The van der Waals surface area contributed by atoms with E-state index in [0.717, 1.165) is 0 Å². The Kier molecular flexibility index (Phi) is 8.70. The van der Waals surface area contributed by atoms with Crippen LogP contribution in [0.2, 0.25) is 5.02 Å². The molecule has 1 heterocycles. The number of amides is 2. The van der Waals surface area contributed by atoms with Crippen LogP contribution in [0.3, 0.4) is 0 Å². The smallest absolute Gasteiger partial charge is 0.408 e. The average Bonchev–Trinajstić information content (AvgIpc) is 3.45. The molecule has 4 aromatic rings. The van der Waals surface area contributed by atoms with E-state index in [-0.39, 0.29) is 23.2 Å². The van der Waals surface area contributed by atoms with E-state index in [1.54, 1.807) is 55.5 Å². The third-order valence-corrected chi connectivity index (χ3v) is 6.82. The molecule has 0 aliphatic rings. The van der Waals surface area contributed by atoms with E-state index in [0.29, 0.717) is 27.4 Å². The Morgan fingerprint density at radius 3 is 2.54 bits per heavy atom. The molecular formula is C30H25ClN4O6. The molecule has 3 N–H and O–H groups in total. The minimum Gasteiger partial charge on any atom is -0.479 e. The average molecular weight is 573 g/mol. The number of rotatable bonds is 9. The molecule has 2 amide bonds. The number of alkyl carbamates (subject to hydrolysis) is 1. The highest BCUT2D eigenvalue weighted by atomic mass is 35.5. The summed E-state index contributed by atoms with van der Waals surface area (Å²) in [7, 11) is 0. The summed E-state index contributed by atoms with van der Waals surface area (Å²) in [6, 6.07) is 21.4. The van der Waals surface area contributed by atoms with Crippen molar-refractivity contribution in [3.05, 3.63) is 112 Å². The summed E-state index contributed by atoms with van der Waals surface area (Å²) in [5, 5.41) is 28.8. The molecule has 0 aliphatic heterocycles. The number of carboxylic acid groups (broad SMARTS) is 1. The standard InChI is InChI=1S/C30H25ClN4O6/c1-18(24-8-3-4-9-25(24)31)41-29(39)33-16-22-17-40-35-26(22)20-10-12-21(13-11-20)27(36)34-30(2,28(37)38)23-7-5-6-19(14-23)15-32/h3-14,17-18H,16H2,1-2H3,(H,33,39)(H,34,36)(H,37,38). The molecule has 0 spiro atoms. The molecule has 3 aromatic carbocycles. The monoisotopic (exact) mass is 572 g/mol. The highest BCUT2D eigenvalue weighted by Crippen LogP contribution is 2.27. The van der Waals surface area contributed by atoms with Crippen LogP contribution < -0.4 is 10.6 Å². The fourth-order valence-corrected chi connectivity index (χ4v) is 4.38. The highest BCUT2D eigenvalue weighted by molar-refractivity contribution is 6.31. The lowest BCUT2D eigenvalue weighted by molar-refractivity contribution is -0.144. The Balaban J connectivity index is 1.42. The Hall–Kier alpha value is -5.14. The topological polar surface area (TPSA) is 155 Å². The molecule has 0 bridgehead atoms. The number of ether oxygens (including phenoxy) is 1. The molecule has 0 saturated carbocycles. The van der Waals surface area contributed by atoms with Gasteiger partial charge in [0.25, 0.3) is 5.91 Å². The van der Waals surface area contributed by atoms with Crippen molar-refractivity contribution in [1.82, 2.24) is 15.8 Å². The van der Waals surface area contributed by atoms with Crippen molar-refractivity contribution in [2.75, 3.05) is 0 Å². The van der Waals surface area contributed by atoms with Gasteiger partial charge in [-0.05, 0) is 49.7 Å². The van der Waals surface area contributed by atoms with Crippen LogP contribution >= 0.6 is 11.6 Å². The van der Waals surface area contributed by atoms with E-state index in [1.807, 2.05) is 6.07 Å². The van der Waals surface area contributed by atoms with Gasteiger partial charge in [-0.2, -0.15) is 5.26 Å². The lowest BCUT2D eigenvalue weighted by Gasteiger charge is -2.27. The second-order valence-corrected chi connectivity index (χ2v) is 9.67. The number of hydrogen-bond donors (Lipinski definition) is 3. The fraction of sp³-hybridized carbons (Fsp3) is 0.167. The molecule has 4 rings (SSSR count). The Morgan fingerprint density at radius 1 is 1.12 bits per heavy atom. The van der Waals surface area contributed by atoms with E-state index in [1.165, 1.54) is 37.5 Å². The summed E-state index contributed by atoms with van der Waals surface area (Å²) >= 11 is 6.17. The first-order chi connectivity index (χ1) is 19.6. The molecule has 11 heteroatoms. The normalized spacial score (nSPS) is 12.8. The number of benzene rings is 3. The van der Waals surface area contributed by atoms with Crippen LogP contribution in [-0.4, -0.2) is 28.2 Å². The summed E-state index contributed by atoms with van der Waals surface area (Å²) in [6.07, 6.45) is 0.169. The zero-order valence-corrected chi connectivity index (χ0v) is 22.8. The number of halogens is 1. The van der Waals surface area contributed by atoms with Crippen molar-refractivity contribution in [3.63, 3.8) is 0 Å². The molecular weight excluding hydrogens is 548 g/mol. The molecule has 2 atom stereocenters. The molecule has 208 valence electrons. The molecule has 10 nitrogen and oxygen atoms in total. The van der Waals surface area contributed by atoms with Crippen molar-refractivity contribution in [3.8, 4) is 17.3 Å². The SMILES string of the molecule is CC(OC(=O)NCc1conc1-c1ccc(C(=O)NC(C)(C(=O)O)c2cccc(C#N)c2)cc1)c1ccccc1Cl. The summed E-state index contributed by atoms with van der Waals surface area (Å²) in [6.45, 7) is 3.13. The van der Waals surface area contributed by atoms with Crippen molar-refractivity contribution in [2.45, 2.75) is 32.0 Å². The Bertz CT molecular complexity index is 1630. The maximum absolute atomic E-state index is 13.0. The summed E-state index contributed by atoms with van der Waals surface area (Å²) in [4.78, 5) is 37.5. The Labute approximate surface area is 240 Å². The van der Waals surface area contributed by atoms with Gasteiger partial charge in [-0.25, -0.2) is 9.59 Å². The fourth-order valence-electron chi connectivity index (χ4n) is 4.09. The number of hydrogen-bond acceptors (Lipinski definition) is 7. The highest BCUT2D eigenvalue weighted by Gasteiger charge is 2.37. The number of carbonyl (C=O) groups is 3. The first-order valence-electron chi connectivity index (χ1n) is 12.4. The van der Waals surface area contributed by atoms with Crippen LogP contribution in [0.4, 0.5) is 4.79 Å². The number of aromatic nitrogens is 1. The second-order valence-electron chi connectivity index (χ2n) is 9.27. The van der Waals surface area contributed by atoms with Crippen LogP contribution in [0.25, 0.3) is 11.3 Å². The van der Waals surface area contributed by atoms with Gasteiger partial charge in [0.05, 0.1) is 18.2 Å². The van der Waals surface area contributed by atoms with E-state index >= 15 is 0 Å². The van der Waals surface area contributed by atoms with Crippen LogP contribution in [0, 0.1) is 11.3 Å². The predicted octanol–water partition coefficient (Wildman–Crippen LogP) is 5.58. The maximum atomic E-state index is 13.0. The lowest BCUT2D eigenvalue weighted by Crippen LogP contribution is -2.49. The van der Waals surface area contributed by atoms with Crippen molar-refractivity contribution in [1.29, 1.82) is 5.26 Å². The number of aliphatic carboxylic acids is 1. The minimum atomic E-state index is -1.77. The van der Waals surface area contributed by atoms with Crippen LogP contribution in [-0.2, 0) is 21.6 Å². The van der Waals surface area contributed by atoms with Crippen molar-refractivity contribution in [2.24, 2.45) is 0 Å². The number of carbonyl (C=O) groups excluding carboxylic acids is 2. The molecule has 0 aliphatic carbocycles. The predicted molar refractivity (Wildman–Crippen MR) is 149 cm³/mol. The quantitative estimate of drug-likeness (QED) is 0.235. The van der Waals surface area contributed by atoms with Gasteiger partial charge in [0, 0.05) is 27.3 Å². The van der Waals surface area contributed by atoms with Crippen LogP contribution in [0.15, 0.2) is 83.6 Å². The molecule has 0 saturated heterocycles. The number of nitrogens with one attached hydrogen (secondary N) is 2. The van der Waals surface area contributed by atoms with Gasteiger partial charge < -0.3 is 25.0 Å². The number of nitrogens with zero attached hydrogens (tertiary/aromatic N) is 2. The van der Waals surface area contributed by atoms with Gasteiger partial charge in [-0.1, -0.05) is 59.2 Å². The lowest BCUT2D eigenvalue weighted by atomic mass is 9.90. The van der Waals surface area contributed by atoms with Gasteiger partial charge in [0.1, 0.15) is 18.1 Å². The molecule has 1 aromatic heterocycles. The van der Waals surface area contributed by atoms with Gasteiger partial charge in [0.15, 0.2) is 5.54 Å². The summed E-state index contributed by atoms with van der Waals surface area (Å²) in [5.41, 5.74) is 1.26. The zero-order chi connectivity index (χ0) is 29.6. The molecule has 0 radical (unpaired) electrons.